The van der Waals surface area contributed by atoms with E-state index in [1.54, 1.807) is 10.6 Å². The molecule has 0 radical (unpaired) electrons. The summed E-state index contributed by atoms with van der Waals surface area (Å²) in [6.07, 6.45) is 0.859. The van der Waals surface area contributed by atoms with E-state index in [9.17, 15) is 9.59 Å². The van der Waals surface area contributed by atoms with Gasteiger partial charge in [0.1, 0.15) is 0 Å². The molecule has 1 aromatic heterocycles. The van der Waals surface area contributed by atoms with Crippen LogP contribution in [0.1, 0.15) is 27.2 Å². The number of aryl methyl sites for hydroxylation is 1. The molecule has 0 aliphatic carbocycles. The van der Waals surface area contributed by atoms with Crippen molar-refractivity contribution < 1.29 is 0 Å². The van der Waals surface area contributed by atoms with Gasteiger partial charge in [0, 0.05) is 19.6 Å². The highest BCUT2D eigenvalue weighted by Gasteiger charge is 2.12. The molecule has 22 heavy (non-hydrogen) atoms. The first kappa shape index (κ1) is 16.5. The van der Waals surface area contributed by atoms with Gasteiger partial charge in [-0.1, -0.05) is 32.9 Å². The number of rotatable bonds is 7. The third kappa shape index (κ3) is 3.14. The molecule has 5 nitrogen and oxygen atoms in total. The van der Waals surface area contributed by atoms with Crippen LogP contribution in [-0.2, 0) is 13.1 Å². The molecule has 0 atom stereocenters. The van der Waals surface area contributed by atoms with E-state index >= 15 is 0 Å². The largest absolute Gasteiger partial charge is 0.331 e. The monoisotopic (exact) mass is 303 g/mol. The van der Waals surface area contributed by atoms with Crippen molar-refractivity contribution in [3.05, 3.63) is 45.1 Å². The third-order valence-electron chi connectivity index (χ3n) is 4.11. The average molecular weight is 303 g/mol. The summed E-state index contributed by atoms with van der Waals surface area (Å²) in [4.78, 5) is 27.5. The van der Waals surface area contributed by atoms with Crippen LogP contribution in [0.3, 0.4) is 0 Å². The normalized spacial score (nSPS) is 11.5. The second-order valence-corrected chi connectivity index (χ2v) is 5.44. The predicted octanol–water partition coefficient (Wildman–Crippen LogP) is 1.91. The molecule has 2 aromatic rings. The minimum Gasteiger partial charge on any atom is -0.302 e. The second-order valence-electron chi connectivity index (χ2n) is 5.44. The van der Waals surface area contributed by atoms with E-state index in [4.69, 9.17) is 0 Å². The summed E-state index contributed by atoms with van der Waals surface area (Å²) >= 11 is 0. The third-order valence-corrected chi connectivity index (χ3v) is 4.11. The summed E-state index contributed by atoms with van der Waals surface area (Å²) in [5.41, 5.74) is 0.358. The van der Waals surface area contributed by atoms with Gasteiger partial charge in [0.2, 0.25) is 0 Å². The molecule has 0 unspecified atom stereocenters. The lowest BCUT2D eigenvalue weighted by Gasteiger charge is -2.19. The SMILES string of the molecule is CCCn1c(=O)n(CCN(CC)CC)c(=O)c2ccccc21. The maximum Gasteiger partial charge on any atom is 0.331 e. The van der Waals surface area contributed by atoms with E-state index in [1.807, 2.05) is 25.1 Å². The van der Waals surface area contributed by atoms with Gasteiger partial charge in [-0.25, -0.2) is 4.79 Å². The summed E-state index contributed by atoms with van der Waals surface area (Å²) < 4.78 is 3.11. The van der Waals surface area contributed by atoms with Crippen molar-refractivity contribution >= 4 is 10.9 Å². The molecule has 0 N–H and O–H groups in total. The van der Waals surface area contributed by atoms with E-state index in [1.165, 1.54) is 4.57 Å². The highest BCUT2D eigenvalue weighted by molar-refractivity contribution is 5.77. The Morgan fingerprint density at radius 2 is 1.64 bits per heavy atom. The zero-order valence-corrected chi connectivity index (χ0v) is 13.7. The molecule has 1 aromatic carbocycles. The van der Waals surface area contributed by atoms with Gasteiger partial charge in [-0.3, -0.25) is 13.9 Å². The second kappa shape index (κ2) is 7.40. The lowest BCUT2D eigenvalue weighted by molar-refractivity contribution is 0.286. The number of fused-ring (bicyclic) bond motifs is 1. The lowest BCUT2D eigenvalue weighted by atomic mass is 10.2. The summed E-state index contributed by atoms with van der Waals surface area (Å²) in [5.74, 6) is 0. The van der Waals surface area contributed by atoms with Crippen LogP contribution < -0.4 is 11.2 Å². The van der Waals surface area contributed by atoms with Crippen molar-refractivity contribution in [3.8, 4) is 0 Å². The van der Waals surface area contributed by atoms with Crippen molar-refractivity contribution in [2.75, 3.05) is 19.6 Å². The van der Waals surface area contributed by atoms with E-state index in [0.717, 1.165) is 25.0 Å². The van der Waals surface area contributed by atoms with Gasteiger partial charge in [-0.15, -0.1) is 0 Å². The standard InChI is InChI=1S/C17H25N3O2/c1-4-11-19-15-10-8-7-9-14(15)16(21)20(17(19)22)13-12-18(5-2)6-3/h7-10H,4-6,11-13H2,1-3H3. The van der Waals surface area contributed by atoms with Crippen molar-refractivity contribution in [2.24, 2.45) is 0 Å². The van der Waals surface area contributed by atoms with Crippen LogP contribution in [0.2, 0.25) is 0 Å². The highest BCUT2D eigenvalue weighted by atomic mass is 16.2. The van der Waals surface area contributed by atoms with E-state index < -0.39 is 0 Å². The number of nitrogens with zero attached hydrogens (tertiary/aromatic N) is 3. The van der Waals surface area contributed by atoms with Gasteiger partial charge in [-0.2, -0.15) is 0 Å². The summed E-state index contributed by atoms with van der Waals surface area (Å²) in [6.45, 7) is 9.83. The molecular formula is C17H25N3O2. The number of likely N-dealkylation sites (N-methyl/N-ethyl adjacent to an activating group) is 1. The zero-order valence-electron chi connectivity index (χ0n) is 13.7. The van der Waals surface area contributed by atoms with Crippen LogP contribution in [0, 0.1) is 0 Å². The average Bonchev–Trinajstić information content (AvgIpc) is 2.55. The molecule has 2 rings (SSSR count). The molecule has 0 aliphatic heterocycles. The fraction of sp³-hybridized carbons (Fsp3) is 0.529. The number of para-hydroxylation sites is 1. The minimum absolute atomic E-state index is 0.180. The Morgan fingerprint density at radius 3 is 2.27 bits per heavy atom. The van der Waals surface area contributed by atoms with Crippen LogP contribution in [0.25, 0.3) is 10.9 Å². The Morgan fingerprint density at radius 1 is 0.955 bits per heavy atom. The van der Waals surface area contributed by atoms with E-state index in [0.29, 0.717) is 25.0 Å². The fourth-order valence-electron chi connectivity index (χ4n) is 2.79. The van der Waals surface area contributed by atoms with Crippen molar-refractivity contribution in [2.45, 2.75) is 40.3 Å². The minimum atomic E-state index is -0.197. The summed E-state index contributed by atoms with van der Waals surface area (Å²) in [5, 5.41) is 0.620. The first-order valence-electron chi connectivity index (χ1n) is 8.08. The first-order valence-corrected chi connectivity index (χ1v) is 8.08. The number of benzene rings is 1. The summed E-state index contributed by atoms with van der Waals surface area (Å²) in [6, 6.07) is 7.37. The smallest absolute Gasteiger partial charge is 0.302 e. The molecule has 0 fully saturated rings. The van der Waals surface area contributed by atoms with E-state index in [2.05, 4.69) is 18.7 Å². The maximum absolute atomic E-state index is 12.7. The topological polar surface area (TPSA) is 47.2 Å². The Kier molecular flexibility index (Phi) is 5.55. The van der Waals surface area contributed by atoms with Gasteiger partial charge < -0.3 is 4.90 Å². The maximum atomic E-state index is 12.7. The van der Waals surface area contributed by atoms with Crippen LogP contribution in [0.4, 0.5) is 0 Å². The van der Waals surface area contributed by atoms with Gasteiger partial charge >= 0.3 is 5.69 Å². The molecule has 5 heteroatoms. The molecule has 0 saturated carbocycles. The molecule has 0 amide bonds. The lowest BCUT2D eigenvalue weighted by Crippen LogP contribution is -2.42. The Hall–Kier alpha value is -1.88. The van der Waals surface area contributed by atoms with Gasteiger partial charge in [0.05, 0.1) is 10.9 Å². The van der Waals surface area contributed by atoms with Crippen LogP contribution in [0.15, 0.2) is 33.9 Å². The van der Waals surface area contributed by atoms with Crippen molar-refractivity contribution in [1.82, 2.24) is 14.0 Å². The number of hydrogen-bond donors (Lipinski definition) is 0. The molecule has 0 aliphatic rings. The fourth-order valence-corrected chi connectivity index (χ4v) is 2.79. The Bertz CT molecular complexity index is 742. The van der Waals surface area contributed by atoms with Gasteiger partial charge in [0.25, 0.3) is 5.56 Å². The molecule has 120 valence electrons. The molecular weight excluding hydrogens is 278 g/mol. The zero-order chi connectivity index (χ0) is 16.1. The van der Waals surface area contributed by atoms with Crippen LogP contribution in [0.5, 0.6) is 0 Å². The Labute approximate surface area is 130 Å². The van der Waals surface area contributed by atoms with Gasteiger partial charge in [0.15, 0.2) is 0 Å². The van der Waals surface area contributed by atoms with Crippen molar-refractivity contribution in [1.29, 1.82) is 0 Å². The predicted molar refractivity (Wildman–Crippen MR) is 90.5 cm³/mol. The first-order chi connectivity index (χ1) is 10.6. The molecule has 0 bridgehead atoms. The van der Waals surface area contributed by atoms with Gasteiger partial charge in [-0.05, 0) is 31.6 Å². The van der Waals surface area contributed by atoms with E-state index in [-0.39, 0.29) is 11.2 Å². The molecule has 0 spiro atoms. The number of aromatic nitrogens is 2. The van der Waals surface area contributed by atoms with Crippen molar-refractivity contribution in [3.63, 3.8) is 0 Å². The molecule has 0 saturated heterocycles. The highest BCUT2D eigenvalue weighted by Crippen LogP contribution is 2.08. The quantitative estimate of drug-likeness (QED) is 0.785. The number of hydrogen-bond acceptors (Lipinski definition) is 3. The molecule has 1 heterocycles. The Balaban J connectivity index is 2.54. The van der Waals surface area contributed by atoms with Crippen LogP contribution >= 0.6 is 0 Å². The van der Waals surface area contributed by atoms with Crippen LogP contribution in [-0.4, -0.2) is 33.7 Å². The summed E-state index contributed by atoms with van der Waals surface area (Å²) in [7, 11) is 0.